The van der Waals surface area contributed by atoms with Crippen LogP contribution in [0.4, 0.5) is 0 Å². The van der Waals surface area contributed by atoms with E-state index in [1.54, 1.807) is 7.11 Å². The number of ether oxygens (including phenoxy) is 3. The zero-order valence-corrected chi connectivity index (χ0v) is 14.4. The summed E-state index contributed by atoms with van der Waals surface area (Å²) in [4.78, 5) is 0. The predicted molar refractivity (Wildman–Crippen MR) is 87.6 cm³/mol. The molecule has 0 amide bonds. The molecule has 7 heteroatoms. The molecule has 4 rings (SSSR count). The first-order valence-corrected chi connectivity index (χ1v) is 9.21. The van der Waals surface area contributed by atoms with Crippen LogP contribution in [0.15, 0.2) is 6.20 Å². The van der Waals surface area contributed by atoms with Gasteiger partial charge < -0.3 is 19.5 Å². The van der Waals surface area contributed by atoms with Gasteiger partial charge in [0.05, 0.1) is 32.1 Å². The summed E-state index contributed by atoms with van der Waals surface area (Å²) in [6, 6.07) is 0.401. The normalized spacial score (nSPS) is 33.9. The van der Waals surface area contributed by atoms with Crippen molar-refractivity contribution in [1.82, 2.24) is 20.3 Å². The maximum atomic E-state index is 6.06. The Morgan fingerprint density at radius 2 is 2.04 bits per heavy atom. The number of methoxy groups -OCH3 is 1. The highest BCUT2D eigenvalue weighted by Crippen LogP contribution is 2.34. The van der Waals surface area contributed by atoms with Gasteiger partial charge in [0, 0.05) is 7.11 Å². The summed E-state index contributed by atoms with van der Waals surface area (Å²) in [5.41, 5.74) is 0.839. The lowest BCUT2D eigenvalue weighted by atomic mass is 9.89. The van der Waals surface area contributed by atoms with E-state index >= 15 is 0 Å². The standard InChI is InChI=1S/C17H28N4O3/c1-22-9-13-8-21(20-19-13)15-11-24-16-14(10-23-17(15)16)18-7-12-5-3-2-4-6-12/h8,12,14-18H,2-7,9-11H2,1H3/t14-,15+,16-,17+/m0/s1. The molecule has 2 saturated heterocycles. The Morgan fingerprint density at radius 3 is 2.88 bits per heavy atom. The lowest BCUT2D eigenvalue weighted by molar-refractivity contribution is 0.0618. The summed E-state index contributed by atoms with van der Waals surface area (Å²) in [5, 5.41) is 12.1. The molecule has 134 valence electrons. The minimum Gasteiger partial charge on any atom is -0.378 e. The quantitative estimate of drug-likeness (QED) is 0.844. The van der Waals surface area contributed by atoms with Gasteiger partial charge in [0.1, 0.15) is 23.9 Å². The van der Waals surface area contributed by atoms with Gasteiger partial charge in [-0.05, 0) is 25.3 Å². The van der Waals surface area contributed by atoms with Crippen molar-refractivity contribution in [1.29, 1.82) is 0 Å². The van der Waals surface area contributed by atoms with Crippen LogP contribution in [-0.2, 0) is 20.8 Å². The van der Waals surface area contributed by atoms with Crippen LogP contribution < -0.4 is 5.32 Å². The molecule has 0 unspecified atom stereocenters. The molecule has 0 radical (unpaired) electrons. The topological polar surface area (TPSA) is 70.4 Å². The van der Waals surface area contributed by atoms with E-state index in [1.807, 2.05) is 10.9 Å². The largest absolute Gasteiger partial charge is 0.378 e. The fourth-order valence-corrected chi connectivity index (χ4v) is 4.28. The van der Waals surface area contributed by atoms with Crippen LogP contribution in [-0.4, -0.2) is 60.1 Å². The van der Waals surface area contributed by atoms with E-state index in [4.69, 9.17) is 14.2 Å². The Kier molecular flexibility index (Phi) is 5.12. The third-order valence-electron chi connectivity index (χ3n) is 5.61. The maximum absolute atomic E-state index is 6.06. The zero-order chi connectivity index (χ0) is 16.4. The molecule has 4 atom stereocenters. The van der Waals surface area contributed by atoms with Crippen LogP contribution in [0.3, 0.4) is 0 Å². The van der Waals surface area contributed by atoms with Crippen molar-refractivity contribution in [2.24, 2.45) is 5.92 Å². The lowest BCUT2D eigenvalue weighted by Crippen LogP contribution is -2.43. The van der Waals surface area contributed by atoms with E-state index in [0.29, 0.717) is 19.3 Å². The number of fused-ring (bicyclic) bond motifs is 1. The SMILES string of the molecule is COCc1cn([C@@H]2CO[C@@H]3[C@@H]2OC[C@@H]3NCC2CCCCC2)nn1. The van der Waals surface area contributed by atoms with Crippen LogP contribution in [0, 0.1) is 5.92 Å². The van der Waals surface area contributed by atoms with E-state index in [9.17, 15) is 0 Å². The van der Waals surface area contributed by atoms with Crippen molar-refractivity contribution < 1.29 is 14.2 Å². The number of nitrogens with one attached hydrogen (secondary N) is 1. The summed E-state index contributed by atoms with van der Waals surface area (Å²) < 4.78 is 19.1. The van der Waals surface area contributed by atoms with Crippen LogP contribution in [0.25, 0.3) is 0 Å². The molecule has 1 aromatic heterocycles. The third-order valence-corrected chi connectivity index (χ3v) is 5.61. The molecule has 3 fully saturated rings. The molecule has 0 spiro atoms. The lowest BCUT2D eigenvalue weighted by Gasteiger charge is -2.25. The molecule has 0 aromatic carbocycles. The molecule has 3 heterocycles. The molecule has 3 aliphatic rings. The van der Waals surface area contributed by atoms with Gasteiger partial charge in [0.25, 0.3) is 0 Å². The van der Waals surface area contributed by atoms with E-state index in [0.717, 1.165) is 24.8 Å². The molecule has 7 nitrogen and oxygen atoms in total. The Balaban J connectivity index is 1.32. The second-order valence-electron chi connectivity index (χ2n) is 7.30. The van der Waals surface area contributed by atoms with E-state index in [-0.39, 0.29) is 18.2 Å². The van der Waals surface area contributed by atoms with E-state index in [1.165, 1.54) is 32.1 Å². The van der Waals surface area contributed by atoms with Crippen LogP contribution in [0.5, 0.6) is 0 Å². The van der Waals surface area contributed by atoms with Gasteiger partial charge in [-0.2, -0.15) is 0 Å². The first-order chi connectivity index (χ1) is 11.8. The molecular formula is C17H28N4O3. The number of nitrogens with zero attached hydrogens (tertiary/aromatic N) is 3. The number of hydrogen-bond donors (Lipinski definition) is 1. The molecule has 1 aromatic rings. The smallest absolute Gasteiger partial charge is 0.110 e. The first kappa shape index (κ1) is 16.4. The molecule has 0 bridgehead atoms. The van der Waals surface area contributed by atoms with Gasteiger partial charge >= 0.3 is 0 Å². The number of aromatic nitrogens is 3. The average Bonchev–Trinajstić information content (AvgIpc) is 3.31. The molecule has 1 N–H and O–H groups in total. The molecular weight excluding hydrogens is 308 g/mol. The van der Waals surface area contributed by atoms with Crippen molar-refractivity contribution in [3.63, 3.8) is 0 Å². The van der Waals surface area contributed by atoms with Crippen LogP contribution in [0.1, 0.15) is 43.8 Å². The van der Waals surface area contributed by atoms with Crippen molar-refractivity contribution in [3.05, 3.63) is 11.9 Å². The Bertz CT molecular complexity index is 532. The Morgan fingerprint density at radius 1 is 1.21 bits per heavy atom. The van der Waals surface area contributed by atoms with Gasteiger partial charge in [0.2, 0.25) is 0 Å². The first-order valence-electron chi connectivity index (χ1n) is 9.21. The van der Waals surface area contributed by atoms with E-state index in [2.05, 4.69) is 15.6 Å². The highest BCUT2D eigenvalue weighted by molar-refractivity contribution is 5.02. The van der Waals surface area contributed by atoms with Gasteiger partial charge in [-0.25, -0.2) is 4.68 Å². The second-order valence-corrected chi connectivity index (χ2v) is 7.30. The Labute approximate surface area is 143 Å². The van der Waals surface area contributed by atoms with Gasteiger partial charge in [0.15, 0.2) is 0 Å². The summed E-state index contributed by atoms with van der Waals surface area (Å²) >= 11 is 0. The minimum absolute atomic E-state index is 0.0611. The minimum atomic E-state index is 0.0611. The zero-order valence-electron chi connectivity index (χ0n) is 14.4. The van der Waals surface area contributed by atoms with E-state index < -0.39 is 0 Å². The van der Waals surface area contributed by atoms with Crippen LogP contribution >= 0.6 is 0 Å². The van der Waals surface area contributed by atoms with Crippen molar-refractivity contribution >= 4 is 0 Å². The second kappa shape index (κ2) is 7.47. The van der Waals surface area contributed by atoms with Crippen molar-refractivity contribution in [3.8, 4) is 0 Å². The fraction of sp³-hybridized carbons (Fsp3) is 0.882. The van der Waals surface area contributed by atoms with Crippen LogP contribution in [0.2, 0.25) is 0 Å². The highest BCUT2D eigenvalue weighted by atomic mass is 16.6. The molecule has 24 heavy (non-hydrogen) atoms. The van der Waals surface area contributed by atoms with Gasteiger partial charge in [-0.15, -0.1) is 5.10 Å². The number of rotatable bonds is 6. The summed E-state index contributed by atoms with van der Waals surface area (Å²) in [6.45, 7) is 2.92. The highest BCUT2D eigenvalue weighted by Gasteiger charge is 2.48. The average molecular weight is 336 g/mol. The third kappa shape index (κ3) is 3.35. The molecule has 1 aliphatic carbocycles. The molecule has 1 saturated carbocycles. The summed E-state index contributed by atoms with van der Waals surface area (Å²) in [7, 11) is 1.66. The van der Waals surface area contributed by atoms with Crippen molar-refractivity contribution in [2.75, 3.05) is 26.9 Å². The summed E-state index contributed by atoms with van der Waals surface area (Å²) in [5.74, 6) is 0.821. The Hall–Kier alpha value is -1.02. The predicted octanol–water partition coefficient (Wildman–Crippen LogP) is 1.30. The monoisotopic (exact) mass is 336 g/mol. The van der Waals surface area contributed by atoms with Gasteiger partial charge in [-0.1, -0.05) is 24.5 Å². The number of hydrogen-bond acceptors (Lipinski definition) is 6. The molecule has 2 aliphatic heterocycles. The summed E-state index contributed by atoms with van der Waals surface area (Å²) in [6.07, 6.45) is 9.01. The van der Waals surface area contributed by atoms with Crippen molar-refractivity contribution in [2.45, 2.75) is 63.0 Å². The maximum Gasteiger partial charge on any atom is 0.110 e. The fourth-order valence-electron chi connectivity index (χ4n) is 4.28. The van der Waals surface area contributed by atoms with Gasteiger partial charge in [-0.3, -0.25) is 0 Å².